The van der Waals surface area contributed by atoms with Crippen LogP contribution in [0.5, 0.6) is 0 Å². The van der Waals surface area contributed by atoms with Crippen LogP contribution < -0.4 is 0 Å². The van der Waals surface area contributed by atoms with E-state index >= 15 is 0 Å². The summed E-state index contributed by atoms with van der Waals surface area (Å²) in [5.74, 6) is 2.51. The Morgan fingerprint density at radius 3 is 1.71 bits per heavy atom. The number of aromatic nitrogens is 5. The normalized spacial score (nSPS) is 14.0. The van der Waals surface area contributed by atoms with Gasteiger partial charge in [-0.15, -0.1) is 0 Å². The zero-order valence-corrected chi connectivity index (χ0v) is 29.7. The molecule has 0 N–H and O–H groups in total. The molecule has 1 atom stereocenters. The Labute approximate surface area is 318 Å². The number of allylic oxidation sites excluding steroid dienone is 4. The van der Waals surface area contributed by atoms with Gasteiger partial charge in [-0.05, 0) is 47.9 Å². The number of hydrogen-bond donors (Lipinski definition) is 0. The van der Waals surface area contributed by atoms with Crippen molar-refractivity contribution in [1.82, 2.24) is 24.9 Å². The Morgan fingerprint density at radius 2 is 1.00 bits per heavy atom. The summed E-state index contributed by atoms with van der Waals surface area (Å²) in [6, 6.07) is 55.7. The van der Waals surface area contributed by atoms with E-state index in [9.17, 15) is 0 Å². The molecule has 0 amide bonds. The van der Waals surface area contributed by atoms with E-state index in [0.717, 1.165) is 78.7 Å². The lowest BCUT2D eigenvalue weighted by atomic mass is 9.94. The monoisotopic (exact) mass is 707 g/mol. The Hall–Kier alpha value is -7.31. The van der Waals surface area contributed by atoms with Crippen LogP contribution in [0.2, 0.25) is 0 Å². The van der Waals surface area contributed by atoms with E-state index in [1.807, 2.05) is 84.9 Å². The predicted molar refractivity (Wildman–Crippen MR) is 221 cm³/mol. The van der Waals surface area contributed by atoms with Crippen LogP contribution in [0.1, 0.15) is 24.0 Å². The molecule has 0 saturated carbocycles. The maximum absolute atomic E-state index is 6.30. The van der Waals surface area contributed by atoms with Gasteiger partial charge in [-0.3, -0.25) is 0 Å². The zero-order chi connectivity index (χ0) is 36.6. The van der Waals surface area contributed by atoms with Crippen LogP contribution in [-0.2, 0) is 0 Å². The molecule has 3 aromatic heterocycles. The number of nitrogens with zero attached hydrogens (tertiary/aromatic N) is 5. The summed E-state index contributed by atoms with van der Waals surface area (Å²) in [5.41, 5.74) is 10.3. The Kier molecular flexibility index (Phi) is 8.18. The second-order valence-corrected chi connectivity index (χ2v) is 13.7. The predicted octanol–water partition coefficient (Wildman–Crippen LogP) is 12.0. The van der Waals surface area contributed by atoms with Gasteiger partial charge in [0.2, 0.25) is 0 Å². The van der Waals surface area contributed by atoms with Gasteiger partial charge in [0.1, 0.15) is 17.0 Å². The molecule has 0 saturated heterocycles. The van der Waals surface area contributed by atoms with Crippen molar-refractivity contribution >= 4 is 27.5 Å². The fourth-order valence-electron chi connectivity index (χ4n) is 7.25. The molecule has 0 fully saturated rings. The summed E-state index contributed by atoms with van der Waals surface area (Å²) in [7, 11) is 0. The van der Waals surface area contributed by atoms with Crippen LogP contribution in [0.15, 0.2) is 186 Å². The van der Waals surface area contributed by atoms with E-state index in [2.05, 4.69) is 97.1 Å². The van der Waals surface area contributed by atoms with Gasteiger partial charge in [0, 0.05) is 44.5 Å². The summed E-state index contributed by atoms with van der Waals surface area (Å²) in [6.45, 7) is 0. The van der Waals surface area contributed by atoms with Gasteiger partial charge in [-0.2, -0.15) is 0 Å². The molecular weight excluding hydrogens is 675 g/mol. The third-order valence-electron chi connectivity index (χ3n) is 10.0. The Balaban J connectivity index is 1.11. The number of benzene rings is 6. The largest absolute Gasteiger partial charge is 0.456 e. The lowest BCUT2D eigenvalue weighted by Crippen LogP contribution is -2.09. The van der Waals surface area contributed by atoms with Crippen molar-refractivity contribution < 1.29 is 4.42 Å². The smallest absolute Gasteiger partial charge is 0.163 e. The number of rotatable bonds is 7. The number of fused-ring (bicyclic) bond motifs is 3. The van der Waals surface area contributed by atoms with Gasteiger partial charge in [-0.1, -0.05) is 152 Å². The van der Waals surface area contributed by atoms with E-state index in [1.165, 1.54) is 0 Å². The van der Waals surface area contributed by atoms with Crippen LogP contribution in [0.3, 0.4) is 0 Å². The minimum absolute atomic E-state index is 0.114. The number of furan rings is 1. The average Bonchev–Trinajstić information content (AvgIpc) is 3.65. The van der Waals surface area contributed by atoms with E-state index < -0.39 is 0 Å². The molecule has 0 radical (unpaired) electrons. The molecule has 10 rings (SSSR count). The van der Waals surface area contributed by atoms with Crippen molar-refractivity contribution in [3.8, 4) is 56.4 Å². The summed E-state index contributed by atoms with van der Waals surface area (Å²) >= 11 is 0. The van der Waals surface area contributed by atoms with Crippen LogP contribution in [0.4, 0.5) is 0 Å². The maximum atomic E-state index is 6.30. The Bertz CT molecular complexity index is 2840. The molecule has 3 heterocycles. The summed E-state index contributed by atoms with van der Waals surface area (Å²) in [5, 5.41) is 2.17. The van der Waals surface area contributed by atoms with Gasteiger partial charge in [0.15, 0.2) is 17.5 Å². The molecule has 0 spiro atoms. The molecule has 6 aromatic carbocycles. The highest BCUT2D eigenvalue weighted by Gasteiger charge is 2.22. The van der Waals surface area contributed by atoms with Gasteiger partial charge in [0.25, 0.3) is 0 Å². The molecule has 55 heavy (non-hydrogen) atoms. The van der Waals surface area contributed by atoms with Crippen LogP contribution >= 0.6 is 0 Å². The van der Waals surface area contributed by atoms with E-state index in [4.69, 9.17) is 29.3 Å². The van der Waals surface area contributed by atoms with E-state index in [-0.39, 0.29) is 5.92 Å². The van der Waals surface area contributed by atoms with E-state index in [1.54, 1.807) is 0 Å². The van der Waals surface area contributed by atoms with Crippen LogP contribution in [0.25, 0.3) is 83.9 Å². The Morgan fingerprint density at radius 1 is 0.418 bits per heavy atom. The minimum atomic E-state index is -0.114. The van der Waals surface area contributed by atoms with Crippen molar-refractivity contribution in [3.63, 3.8) is 0 Å². The standard InChI is InChI=1S/C49H33N5O/c1-4-14-32(15-5-1)35-20-12-21-36(28-35)42-31-43(37-26-27-41-40-24-10-11-25-44(40)55-45(41)30-37)51-48(50-42)38-22-13-23-39(29-38)49-53-46(33-16-6-2-7-17-33)52-47(54-49)34-18-8-3-9-19-34/h1-22,24-31,39H,23H2. The quantitative estimate of drug-likeness (QED) is 0.164. The van der Waals surface area contributed by atoms with Crippen molar-refractivity contribution in [2.75, 3.05) is 0 Å². The number of para-hydroxylation sites is 1. The zero-order valence-electron chi connectivity index (χ0n) is 29.7. The van der Waals surface area contributed by atoms with Crippen molar-refractivity contribution in [1.29, 1.82) is 0 Å². The highest BCUT2D eigenvalue weighted by atomic mass is 16.3. The van der Waals surface area contributed by atoms with Gasteiger partial charge < -0.3 is 4.42 Å². The fraction of sp³-hybridized carbons (Fsp3) is 0.0408. The summed E-state index contributed by atoms with van der Waals surface area (Å²) < 4.78 is 6.30. The van der Waals surface area contributed by atoms with Crippen molar-refractivity contribution in [2.45, 2.75) is 12.3 Å². The van der Waals surface area contributed by atoms with Gasteiger partial charge >= 0.3 is 0 Å². The molecule has 0 aliphatic heterocycles. The molecule has 1 unspecified atom stereocenters. The highest BCUT2D eigenvalue weighted by molar-refractivity contribution is 6.05. The van der Waals surface area contributed by atoms with Crippen LogP contribution in [0, 0.1) is 0 Å². The minimum Gasteiger partial charge on any atom is -0.456 e. The third-order valence-corrected chi connectivity index (χ3v) is 10.0. The van der Waals surface area contributed by atoms with Crippen LogP contribution in [-0.4, -0.2) is 24.9 Å². The second-order valence-electron chi connectivity index (χ2n) is 13.7. The second kappa shape index (κ2) is 13.9. The number of hydrogen-bond acceptors (Lipinski definition) is 6. The molecule has 9 aromatic rings. The summed E-state index contributed by atoms with van der Waals surface area (Å²) in [4.78, 5) is 25.5. The first-order valence-electron chi connectivity index (χ1n) is 18.4. The first kappa shape index (κ1) is 32.3. The lowest BCUT2D eigenvalue weighted by Gasteiger charge is -2.18. The SMILES string of the molecule is C1=CC(c2nc(-c3cccc(-c4ccccc4)c3)cc(-c3ccc4c(c3)oc3ccccc34)n2)=CC(c2nc(-c3ccccc3)nc(-c3ccccc3)n2)C1. The summed E-state index contributed by atoms with van der Waals surface area (Å²) in [6.07, 6.45) is 7.22. The topological polar surface area (TPSA) is 77.6 Å². The molecule has 0 bridgehead atoms. The fourth-order valence-corrected chi connectivity index (χ4v) is 7.25. The third kappa shape index (κ3) is 6.40. The van der Waals surface area contributed by atoms with E-state index in [0.29, 0.717) is 23.3 Å². The average molecular weight is 708 g/mol. The molecule has 1 aliphatic rings. The van der Waals surface area contributed by atoms with Crippen molar-refractivity contribution in [2.24, 2.45) is 0 Å². The van der Waals surface area contributed by atoms with Gasteiger partial charge in [0.05, 0.1) is 11.4 Å². The molecule has 6 nitrogen and oxygen atoms in total. The highest BCUT2D eigenvalue weighted by Crippen LogP contribution is 2.36. The first-order valence-corrected chi connectivity index (χ1v) is 18.4. The molecule has 6 heteroatoms. The molecular formula is C49H33N5O. The van der Waals surface area contributed by atoms with Crippen molar-refractivity contribution in [3.05, 3.63) is 194 Å². The maximum Gasteiger partial charge on any atom is 0.163 e. The first-order chi connectivity index (χ1) is 27.2. The molecule has 1 aliphatic carbocycles. The lowest BCUT2D eigenvalue weighted by molar-refractivity contribution is 0.669. The molecule has 260 valence electrons. The van der Waals surface area contributed by atoms with Gasteiger partial charge in [-0.25, -0.2) is 24.9 Å².